The van der Waals surface area contributed by atoms with Gasteiger partial charge in [-0.05, 0) is 24.6 Å². The fourth-order valence-corrected chi connectivity index (χ4v) is 1.95. The first-order valence-corrected chi connectivity index (χ1v) is 6.05. The van der Waals surface area contributed by atoms with Crippen molar-refractivity contribution < 1.29 is 14.6 Å². The highest BCUT2D eigenvalue weighted by molar-refractivity contribution is 6.02. The summed E-state index contributed by atoms with van der Waals surface area (Å²) in [5, 5.41) is 10.1. The number of Topliss-reactive ketones (excluding diaryl/α,β-unsaturated/α-hetero) is 1. The van der Waals surface area contributed by atoms with Crippen molar-refractivity contribution in [1.29, 1.82) is 0 Å². The van der Waals surface area contributed by atoms with Crippen LogP contribution < -0.4 is 4.74 Å². The van der Waals surface area contributed by atoms with E-state index in [1.165, 1.54) is 7.11 Å². The number of aliphatic hydroxyl groups excluding tert-OH is 1. The fraction of sp³-hybridized carbons (Fsp3) is 0.188. The van der Waals surface area contributed by atoms with Gasteiger partial charge in [-0.25, -0.2) is 0 Å². The van der Waals surface area contributed by atoms with Gasteiger partial charge in [-0.1, -0.05) is 42.0 Å². The summed E-state index contributed by atoms with van der Waals surface area (Å²) in [7, 11) is 1.51. The first-order valence-electron chi connectivity index (χ1n) is 6.05. The van der Waals surface area contributed by atoms with Gasteiger partial charge in [0.1, 0.15) is 11.9 Å². The molecule has 2 rings (SSSR count). The van der Waals surface area contributed by atoms with Gasteiger partial charge in [-0.15, -0.1) is 0 Å². The van der Waals surface area contributed by atoms with E-state index < -0.39 is 6.10 Å². The molecule has 0 bridgehead atoms. The highest BCUT2D eigenvalue weighted by Crippen LogP contribution is 2.26. The van der Waals surface area contributed by atoms with Crippen molar-refractivity contribution in [3.8, 4) is 5.75 Å². The first kappa shape index (κ1) is 13.3. The maximum Gasteiger partial charge on any atom is 0.199 e. The molecule has 2 aromatic carbocycles. The van der Waals surface area contributed by atoms with E-state index in [0.717, 1.165) is 5.56 Å². The van der Waals surface area contributed by atoms with E-state index in [9.17, 15) is 9.90 Å². The van der Waals surface area contributed by atoms with Crippen LogP contribution in [-0.4, -0.2) is 18.0 Å². The van der Waals surface area contributed by atoms with Crippen LogP contribution in [0.5, 0.6) is 5.75 Å². The number of carbonyl (C=O) groups is 1. The molecule has 1 N–H and O–H groups in total. The Bertz CT molecular complexity index is 576. The van der Waals surface area contributed by atoms with E-state index in [1.54, 1.807) is 36.4 Å². The molecule has 0 amide bonds. The van der Waals surface area contributed by atoms with Gasteiger partial charge in [0.05, 0.1) is 12.7 Å². The predicted molar refractivity (Wildman–Crippen MR) is 73.5 cm³/mol. The van der Waals surface area contributed by atoms with Gasteiger partial charge in [0.25, 0.3) is 0 Å². The monoisotopic (exact) mass is 256 g/mol. The second-order valence-electron chi connectivity index (χ2n) is 4.38. The molecular formula is C16H16O3. The molecule has 1 unspecified atom stereocenters. The van der Waals surface area contributed by atoms with Crippen molar-refractivity contribution in [2.24, 2.45) is 0 Å². The molecule has 1 atom stereocenters. The minimum absolute atomic E-state index is 0.355. The van der Waals surface area contributed by atoms with Gasteiger partial charge in [0, 0.05) is 0 Å². The first-order chi connectivity index (χ1) is 9.13. The summed E-state index contributed by atoms with van der Waals surface area (Å²) in [6.07, 6.45) is -1.17. The molecule has 0 saturated heterocycles. The maximum atomic E-state index is 12.3. The number of ketones is 1. The number of aryl methyl sites for hydroxylation is 1. The Labute approximate surface area is 112 Å². The van der Waals surface area contributed by atoms with E-state index in [2.05, 4.69) is 0 Å². The Kier molecular flexibility index (Phi) is 3.97. The summed E-state index contributed by atoms with van der Waals surface area (Å²) >= 11 is 0. The van der Waals surface area contributed by atoms with Crippen molar-refractivity contribution in [2.45, 2.75) is 13.0 Å². The van der Waals surface area contributed by atoms with E-state index in [0.29, 0.717) is 16.9 Å². The predicted octanol–water partition coefficient (Wildman–Crippen LogP) is 2.92. The second kappa shape index (κ2) is 5.67. The minimum Gasteiger partial charge on any atom is -0.496 e. The van der Waals surface area contributed by atoms with Gasteiger partial charge in [-0.2, -0.15) is 0 Å². The van der Waals surface area contributed by atoms with Crippen LogP contribution in [0.2, 0.25) is 0 Å². The number of methoxy groups -OCH3 is 1. The van der Waals surface area contributed by atoms with Crippen LogP contribution in [0.3, 0.4) is 0 Å². The van der Waals surface area contributed by atoms with Crippen LogP contribution in [0.15, 0.2) is 48.5 Å². The lowest BCUT2D eigenvalue weighted by atomic mass is 9.98. The highest BCUT2D eigenvalue weighted by Gasteiger charge is 2.22. The van der Waals surface area contributed by atoms with Crippen molar-refractivity contribution in [3.63, 3.8) is 0 Å². The van der Waals surface area contributed by atoms with Gasteiger partial charge >= 0.3 is 0 Å². The number of aliphatic hydroxyl groups is 1. The van der Waals surface area contributed by atoms with Crippen LogP contribution in [-0.2, 0) is 0 Å². The average molecular weight is 256 g/mol. The zero-order valence-electron chi connectivity index (χ0n) is 11.0. The molecule has 0 heterocycles. The van der Waals surface area contributed by atoms with Crippen LogP contribution >= 0.6 is 0 Å². The quantitative estimate of drug-likeness (QED) is 0.855. The summed E-state index contributed by atoms with van der Waals surface area (Å²) in [5.74, 6) is 0.123. The van der Waals surface area contributed by atoms with Gasteiger partial charge in [-0.3, -0.25) is 4.79 Å². The molecule has 0 aliphatic carbocycles. The summed E-state index contributed by atoms with van der Waals surface area (Å²) in [6, 6.07) is 14.2. The molecule has 0 saturated carbocycles. The smallest absolute Gasteiger partial charge is 0.199 e. The van der Waals surface area contributed by atoms with Crippen LogP contribution in [0, 0.1) is 6.92 Å². The highest BCUT2D eigenvalue weighted by atomic mass is 16.5. The van der Waals surface area contributed by atoms with Gasteiger partial charge < -0.3 is 9.84 Å². The zero-order chi connectivity index (χ0) is 13.8. The third kappa shape index (κ3) is 2.83. The molecule has 0 spiro atoms. The van der Waals surface area contributed by atoms with Crippen molar-refractivity contribution >= 4 is 5.78 Å². The number of ether oxygens (including phenoxy) is 1. The second-order valence-corrected chi connectivity index (χ2v) is 4.38. The maximum absolute atomic E-state index is 12.3. The SMILES string of the molecule is COc1ccc(C)cc1C(=O)C(O)c1ccccc1. The number of rotatable bonds is 4. The zero-order valence-corrected chi connectivity index (χ0v) is 11.0. The topological polar surface area (TPSA) is 46.5 Å². The van der Waals surface area contributed by atoms with E-state index >= 15 is 0 Å². The molecule has 98 valence electrons. The van der Waals surface area contributed by atoms with E-state index in [4.69, 9.17) is 4.74 Å². The third-order valence-corrected chi connectivity index (χ3v) is 2.98. The minimum atomic E-state index is -1.17. The Hall–Kier alpha value is -2.13. The van der Waals surface area contributed by atoms with Crippen LogP contribution in [0.4, 0.5) is 0 Å². The van der Waals surface area contributed by atoms with Crippen LogP contribution in [0.25, 0.3) is 0 Å². The van der Waals surface area contributed by atoms with Crippen molar-refractivity contribution in [1.82, 2.24) is 0 Å². The largest absolute Gasteiger partial charge is 0.496 e. The summed E-state index contributed by atoms with van der Waals surface area (Å²) < 4.78 is 5.18. The molecule has 0 fully saturated rings. The molecular weight excluding hydrogens is 240 g/mol. The summed E-state index contributed by atoms with van der Waals surface area (Å²) in [6.45, 7) is 1.89. The number of hydrogen-bond donors (Lipinski definition) is 1. The molecule has 0 aliphatic rings. The summed E-state index contributed by atoms with van der Waals surface area (Å²) in [4.78, 5) is 12.3. The van der Waals surface area contributed by atoms with Crippen molar-refractivity contribution in [2.75, 3.05) is 7.11 Å². The Balaban J connectivity index is 2.37. The molecule has 0 radical (unpaired) electrons. The average Bonchev–Trinajstić information content (AvgIpc) is 2.46. The summed E-state index contributed by atoms with van der Waals surface area (Å²) in [5.41, 5.74) is 1.93. The van der Waals surface area contributed by atoms with Crippen LogP contribution in [0.1, 0.15) is 27.6 Å². The molecule has 3 heteroatoms. The molecule has 0 aromatic heterocycles. The van der Waals surface area contributed by atoms with E-state index in [1.807, 2.05) is 19.1 Å². The normalized spacial score (nSPS) is 11.9. The fourth-order valence-electron chi connectivity index (χ4n) is 1.95. The molecule has 0 aliphatic heterocycles. The van der Waals surface area contributed by atoms with Crippen molar-refractivity contribution in [3.05, 3.63) is 65.2 Å². The Morgan fingerprint density at radius 1 is 1.16 bits per heavy atom. The Morgan fingerprint density at radius 2 is 1.84 bits per heavy atom. The van der Waals surface area contributed by atoms with E-state index in [-0.39, 0.29) is 5.78 Å². The lowest BCUT2D eigenvalue weighted by Crippen LogP contribution is -2.13. The Morgan fingerprint density at radius 3 is 2.47 bits per heavy atom. The molecule has 3 nitrogen and oxygen atoms in total. The number of carbonyl (C=O) groups excluding carboxylic acids is 1. The lowest BCUT2D eigenvalue weighted by Gasteiger charge is -2.13. The standard InChI is InChI=1S/C16H16O3/c1-11-8-9-14(19-2)13(10-11)16(18)15(17)12-6-4-3-5-7-12/h3-10,15,17H,1-2H3. The number of hydrogen-bond acceptors (Lipinski definition) is 3. The third-order valence-electron chi connectivity index (χ3n) is 2.98. The van der Waals surface area contributed by atoms with Gasteiger partial charge in [0.2, 0.25) is 0 Å². The molecule has 19 heavy (non-hydrogen) atoms. The van der Waals surface area contributed by atoms with Gasteiger partial charge in [0.15, 0.2) is 5.78 Å². The molecule has 2 aromatic rings. The number of benzene rings is 2. The lowest BCUT2D eigenvalue weighted by molar-refractivity contribution is 0.0744.